The zero-order valence-corrected chi connectivity index (χ0v) is 15.7. The fraction of sp³-hybridized carbons (Fsp3) is 0.200. The highest BCUT2D eigenvalue weighted by Crippen LogP contribution is 2.35. The van der Waals surface area contributed by atoms with Gasteiger partial charge in [0.15, 0.2) is 5.75 Å². The Labute approximate surface area is 154 Å². The zero-order chi connectivity index (χ0) is 17.8. The van der Waals surface area contributed by atoms with Crippen molar-refractivity contribution in [2.45, 2.75) is 13.3 Å². The average Bonchev–Trinajstić information content (AvgIpc) is 2.63. The van der Waals surface area contributed by atoms with Gasteiger partial charge in [0.25, 0.3) is 0 Å². The van der Waals surface area contributed by atoms with Crippen molar-refractivity contribution < 1.29 is 14.3 Å². The molecular formula is C20H18BrNO3. The fourth-order valence-electron chi connectivity index (χ4n) is 2.76. The van der Waals surface area contributed by atoms with Crippen LogP contribution in [-0.4, -0.2) is 24.7 Å². The lowest BCUT2D eigenvalue weighted by molar-refractivity contribution is 0.0523. The van der Waals surface area contributed by atoms with Crippen LogP contribution in [0.3, 0.4) is 0 Å². The minimum Gasteiger partial charge on any atom is -0.494 e. The number of hydrogen-bond donors (Lipinski definition) is 0. The number of methoxy groups -OCH3 is 1. The monoisotopic (exact) mass is 399 g/mol. The number of nitrogens with zero attached hydrogens (tertiary/aromatic N) is 1. The van der Waals surface area contributed by atoms with E-state index in [0.29, 0.717) is 23.4 Å². The van der Waals surface area contributed by atoms with Crippen LogP contribution in [-0.2, 0) is 11.2 Å². The molecule has 1 aromatic heterocycles. The molecule has 3 rings (SSSR count). The summed E-state index contributed by atoms with van der Waals surface area (Å²) in [5, 5.41) is 0.901. The Morgan fingerprint density at radius 1 is 1.16 bits per heavy atom. The minimum atomic E-state index is -0.419. The molecule has 0 unspecified atom stereocenters. The number of benzene rings is 2. The SMILES string of the molecule is CCOC(=O)c1cc(Br)c2cc(Cc3ccccc3)cnc2c1OC. The molecular weight excluding hydrogens is 382 g/mol. The standard InChI is InChI=1S/C20H18BrNO3/c1-3-25-20(23)16-11-17(21)15-10-14(9-13-7-5-4-6-8-13)12-22-18(15)19(16)24-2/h4-8,10-12H,3,9H2,1-2H3. The molecule has 1 heterocycles. The average molecular weight is 400 g/mol. The second kappa shape index (κ2) is 7.66. The van der Waals surface area contributed by atoms with Crippen molar-refractivity contribution in [3.8, 4) is 5.75 Å². The first-order valence-electron chi connectivity index (χ1n) is 8.00. The van der Waals surface area contributed by atoms with Crippen molar-refractivity contribution in [2.24, 2.45) is 0 Å². The molecule has 0 saturated carbocycles. The predicted molar refractivity (Wildman–Crippen MR) is 101 cm³/mol. The third-order valence-corrected chi connectivity index (χ3v) is 4.54. The summed E-state index contributed by atoms with van der Waals surface area (Å²) < 4.78 is 11.4. The minimum absolute atomic E-state index is 0.307. The molecule has 0 N–H and O–H groups in total. The summed E-state index contributed by atoms with van der Waals surface area (Å²) >= 11 is 3.55. The molecule has 25 heavy (non-hydrogen) atoms. The first-order valence-corrected chi connectivity index (χ1v) is 8.79. The Morgan fingerprint density at radius 2 is 1.92 bits per heavy atom. The van der Waals surface area contributed by atoms with Crippen molar-refractivity contribution in [1.82, 2.24) is 4.98 Å². The fourth-order valence-corrected chi connectivity index (χ4v) is 3.30. The van der Waals surface area contributed by atoms with Crippen molar-refractivity contribution >= 4 is 32.8 Å². The second-order valence-corrected chi connectivity index (χ2v) is 6.42. The lowest BCUT2D eigenvalue weighted by atomic mass is 10.0. The van der Waals surface area contributed by atoms with E-state index in [-0.39, 0.29) is 0 Å². The molecule has 4 nitrogen and oxygen atoms in total. The van der Waals surface area contributed by atoms with E-state index >= 15 is 0 Å². The molecule has 0 atom stereocenters. The van der Waals surface area contributed by atoms with Gasteiger partial charge in [-0.1, -0.05) is 46.3 Å². The molecule has 0 aliphatic heterocycles. The van der Waals surface area contributed by atoms with Crippen LogP contribution in [0.25, 0.3) is 10.9 Å². The summed E-state index contributed by atoms with van der Waals surface area (Å²) in [7, 11) is 1.53. The molecule has 0 fully saturated rings. The van der Waals surface area contributed by atoms with E-state index in [4.69, 9.17) is 9.47 Å². The van der Waals surface area contributed by atoms with Gasteiger partial charge in [-0.3, -0.25) is 4.98 Å². The summed E-state index contributed by atoms with van der Waals surface area (Å²) in [4.78, 5) is 16.7. The molecule has 0 spiro atoms. The van der Waals surface area contributed by atoms with Crippen molar-refractivity contribution in [3.05, 3.63) is 69.8 Å². The molecule has 3 aromatic rings. The Balaban J connectivity index is 2.07. The van der Waals surface area contributed by atoms with E-state index in [0.717, 1.165) is 21.8 Å². The Hall–Kier alpha value is -2.40. The molecule has 128 valence electrons. The molecule has 0 aliphatic rings. The number of carbonyl (C=O) groups excluding carboxylic acids is 1. The first-order chi connectivity index (χ1) is 12.1. The molecule has 0 radical (unpaired) electrons. The van der Waals surface area contributed by atoms with Gasteiger partial charge >= 0.3 is 5.97 Å². The Kier molecular flexibility index (Phi) is 5.34. The van der Waals surface area contributed by atoms with Crippen LogP contribution in [0, 0.1) is 0 Å². The number of aromatic nitrogens is 1. The number of hydrogen-bond acceptors (Lipinski definition) is 4. The van der Waals surface area contributed by atoms with Crippen molar-refractivity contribution in [2.75, 3.05) is 13.7 Å². The number of rotatable bonds is 5. The highest BCUT2D eigenvalue weighted by Gasteiger charge is 2.20. The van der Waals surface area contributed by atoms with Crippen LogP contribution < -0.4 is 4.74 Å². The van der Waals surface area contributed by atoms with Crippen LogP contribution in [0.4, 0.5) is 0 Å². The smallest absolute Gasteiger partial charge is 0.342 e. The quantitative estimate of drug-likeness (QED) is 0.579. The number of fused-ring (bicyclic) bond motifs is 1. The third kappa shape index (κ3) is 3.66. The maximum Gasteiger partial charge on any atom is 0.342 e. The van der Waals surface area contributed by atoms with Crippen molar-refractivity contribution in [3.63, 3.8) is 0 Å². The van der Waals surface area contributed by atoms with Crippen LogP contribution in [0.15, 0.2) is 53.1 Å². The molecule has 5 heteroatoms. The van der Waals surface area contributed by atoms with Gasteiger partial charge in [0.2, 0.25) is 0 Å². The van der Waals surface area contributed by atoms with E-state index in [1.54, 1.807) is 13.0 Å². The number of carbonyl (C=O) groups is 1. The summed E-state index contributed by atoms with van der Waals surface area (Å²) in [6.07, 6.45) is 2.61. The summed E-state index contributed by atoms with van der Waals surface area (Å²) in [6.45, 7) is 2.08. The molecule has 0 saturated heterocycles. The van der Waals surface area contributed by atoms with E-state index in [9.17, 15) is 4.79 Å². The van der Waals surface area contributed by atoms with Crippen LogP contribution >= 0.6 is 15.9 Å². The van der Waals surface area contributed by atoms with Crippen LogP contribution in [0.2, 0.25) is 0 Å². The largest absolute Gasteiger partial charge is 0.494 e. The van der Waals surface area contributed by atoms with Gasteiger partial charge in [0, 0.05) is 16.1 Å². The van der Waals surface area contributed by atoms with Gasteiger partial charge in [0.1, 0.15) is 11.1 Å². The molecule has 0 bridgehead atoms. The van der Waals surface area contributed by atoms with Gasteiger partial charge in [0.05, 0.1) is 13.7 Å². The second-order valence-electron chi connectivity index (χ2n) is 5.56. The summed E-state index contributed by atoms with van der Waals surface area (Å²) in [5.41, 5.74) is 3.31. The molecule has 0 amide bonds. The lowest BCUT2D eigenvalue weighted by Gasteiger charge is -2.13. The summed E-state index contributed by atoms with van der Waals surface area (Å²) in [6, 6.07) is 14.0. The lowest BCUT2D eigenvalue weighted by Crippen LogP contribution is -2.08. The van der Waals surface area contributed by atoms with E-state index < -0.39 is 5.97 Å². The number of pyridine rings is 1. The van der Waals surface area contributed by atoms with Gasteiger partial charge in [-0.2, -0.15) is 0 Å². The predicted octanol–water partition coefficient (Wildman–Crippen LogP) is 4.77. The van der Waals surface area contributed by atoms with Crippen molar-refractivity contribution in [1.29, 1.82) is 0 Å². The van der Waals surface area contributed by atoms with Crippen LogP contribution in [0.5, 0.6) is 5.75 Å². The van der Waals surface area contributed by atoms with E-state index in [1.807, 2.05) is 24.4 Å². The van der Waals surface area contributed by atoms with Crippen LogP contribution in [0.1, 0.15) is 28.4 Å². The van der Waals surface area contributed by atoms with Gasteiger partial charge in [-0.15, -0.1) is 0 Å². The van der Waals surface area contributed by atoms with E-state index in [1.165, 1.54) is 12.7 Å². The van der Waals surface area contributed by atoms with Gasteiger partial charge in [-0.05, 0) is 36.6 Å². The molecule has 0 aliphatic carbocycles. The van der Waals surface area contributed by atoms with E-state index in [2.05, 4.69) is 39.1 Å². The zero-order valence-electron chi connectivity index (χ0n) is 14.1. The third-order valence-electron chi connectivity index (χ3n) is 3.88. The highest BCUT2D eigenvalue weighted by atomic mass is 79.9. The normalized spacial score (nSPS) is 10.7. The molecule has 2 aromatic carbocycles. The Morgan fingerprint density at radius 3 is 2.60 bits per heavy atom. The van der Waals surface area contributed by atoms with Gasteiger partial charge < -0.3 is 9.47 Å². The number of halogens is 1. The highest BCUT2D eigenvalue weighted by molar-refractivity contribution is 9.10. The maximum atomic E-state index is 12.2. The number of esters is 1. The summed E-state index contributed by atoms with van der Waals surface area (Å²) in [5.74, 6) is 0.0139. The topological polar surface area (TPSA) is 48.4 Å². The maximum absolute atomic E-state index is 12.2. The van der Waals surface area contributed by atoms with Gasteiger partial charge in [-0.25, -0.2) is 4.79 Å². The Bertz CT molecular complexity index is 910. The number of ether oxygens (including phenoxy) is 2. The first kappa shape index (κ1) is 17.4.